The molecule has 60 valence electrons. The highest BCUT2D eigenvalue weighted by Crippen LogP contribution is 2.01. The van der Waals surface area contributed by atoms with Crippen LogP contribution in [0.15, 0.2) is 18.7 Å². The fourth-order valence-corrected chi connectivity index (χ4v) is 0.861. The lowest BCUT2D eigenvalue weighted by molar-refractivity contribution is 0.0886. The minimum Gasteiger partial charge on any atom is -0.276 e. The molecule has 0 aromatic carbocycles. The van der Waals surface area contributed by atoms with E-state index in [2.05, 4.69) is 4.98 Å². The van der Waals surface area contributed by atoms with Gasteiger partial charge in [0.2, 0.25) is 5.91 Å². The molecule has 0 saturated heterocycles. The first-order valence-corrected chi connectivity index (χ1v) is 3.71. The van der Waals surface area contributed by atoms with Crippen LogP contribution in [0.2, 0.25) is 0 Å². The average molecular weight is 152 g/mol. The van der Waals surface area contributed by atoms with Crippen LogP contribution in [-0.4, -0.2) is 15.5 Å². The second-order valence-corrected chi connectivity index (χ2v) is 2.96. The minimum atomic E-state index is 0.109. The van der Waals surface area contributed by atoms with Crippen molar-refractivity contribution in [2.75, 3.05) is 0 Å². The van der Waals surface area contributed by atoms with Crippen LogP contribution in [0.25, 0.3) is 0 Å². The Kier molecular flexibility index (Phi) is 2.41. The zero-order valence-electron chi connectivity index (χ0n) is 6.82. The smallest absolute Gasteiger partial charge is 0.232 e. The summed E-state index contributed by atoms with van der Waals surface area (Å²) in [5.41, 5.74) is 0. The molecule has 0 aliphatic heterocycles. The van der Waals surface area contributed by atoms with E-state index < -0.39 is 0 Å². The van der Waals surface area contributed by atoms with E-state index >= 15 is 0 Å². The first-order chi connectivity index (χ1) is 5.20. The van der Waals surface area contributed by atoms with Gasteiger partial charge in [-0.25, -0.2) is 4.98 Å². The van der Waals surface area contributed by atoms with E-state index in [0.717, 1.165) is 0 Å². The summed E-state index contributed by atoms with van der Waals surface area (Å²) in [6.45, 7) is 4.05. The van der Waals surface area contributed by atoms with Crippen molar-refractivity contribution in [2.45, 2.75) is 20.3 Å². The van der Waals surface area contributed by atoms with Gasteiger partial charge in [-0.05, 0) is 5.92 Å². The summed E-state index contributed by atoms with van der Waals surface area (Å²) in [5.74, 6) is 0.516. The van der Waals surface area contributed by atoms with Crippen LogP contribution in [0, 0.1) is 5.92 Å². The molecule has 3 heteroatoms. The molecule has 0 fully saturated rings. The van der Waals surface area contributed by atoms with Crippen molar-refractivity contribution in [2.24, 2.45) is 5.92 Å². The molecule has 0 bridgehead atoms. The predicted octanol–water partition coefficient (Wildman–Crippen LogP) is 1.57. The zero-order chi connectivity index (χ0) is 8.27. The van der Waals surface area contributed by atoms with E-state index in [9.17, 15) is 4.79 Å². The molecule has 1 aromatic heterocycles. The van der Waals surface area contributed by atoms with Crippen molar-refractivity contribution in [3.63, 3.8) is 0 Å². The van der Waals surface area contributed by atoms with Gasteiger partial charge in [-0.2, -0.15) is 0 Å². The molecule has 1 heterocycles. The third-order valence-electron chi connectivity index (χ3n) is 1.38. The van der Waals surface area contributed by atoms with Gasteiger partial charge in [0, 0.05) is 18.8 Å². The zero-order valence-corrected chi connectivity index (χ0v) is 6.82. The average Bonchev–Trinajstić information content (AvgIpc) is 2.35. The second-order valence-electron chi connectivity index (χ2n) is 2.96. The number of aromatic nitrogens is 2. The van der Waals surface area contributed by atoms with Crippen LogP contribution >= 0.6 is 0 Å². The topological polar surface area (TPSA) is 34.9 Å². The van der Waals surface area contributed by atoms with Crippen molar-refractivity contribution in [1.29, 1.82) is 0 Å². The number of carbonyl (C=O) groups excluding carboxylic acids is 1. The number of imidazole rings is 1. The lowest BCUT2D eigenvalue weighted by Gasteiger charge is -2.02. The number of nitrogens with zero attached hydrogens (tertiary/aromatic N) is 2. The Morgan fingerprint density at radius 2 is 2.36 bits per heavy atom. The van der Waals surface area contributed by atoms with E-state index in [-0.39, 0.29) is 5.91 Å². The Morgan fingerprint density at radius 3 is 2.82 bits per heavy atom. The molecule has 0 aliphatic rings. The van der Waals surface area contributed by atoms with Crippen LogP contribution in [0.3, 0.4) is 0 Å². The SMILES string of the molecule is CC(C)CC(=O)n1ccnc1. The molecule has 1 aromatic rings. The monoisotopic (exact) mass is 152 g/mol. The molecule has 11 heavy (non-hydrogen) atoms. The molecule has 0 saturated carbocycles. The van der Waals surface area contributed by atoms with E-state index in [0.29, 0.717) is 12.3 Å². The Hall–Kier alpha value is -1.12. The molecule has 0 atom stereocenters. The van der Waals surface area contributed by atoms with E-state index in [4.69, 9.17) is 0 Å². The summed E-state index contributed by atoms with van der Waals surface area (Å²) < 4.78 is 1.51. The van der Waals surface area contributed by atoms with Gasteiger partial charge in [0.1, 0.15) is 6.33 Å². The summed E-state index contributed by atoms with van der Waals surface area (Å²) in [6.07, 6.45) is 5.39. The van der Waals surface area contributed by atoms with E-state index in [1.807, 2.05) is 13.8 Å². The molecule has 0 unspecified atom stereocenters. The fraction of sp³-hybridized carbons (Fsp3) is 0.500. The third kappa shape index (κ3) is 2.18. The van der Waals surface area contributed by atoms with Crippen molar-refractivity contribution in [1.82, 2.24) is 9.55 Å². The summed E-state index contributed by atoms with van der Waals surface area (Å²) in [7, 11) is 0. The highest BCUT2D eigenvalue weighted by Gasteiger charge is 2.05. The van der Waals surface area contributed by atoms with Gasteiger partial charge in [-0.15, -0.1) is 0 Å². The summed E-state index contributed by atoms with van der Waals surface area (Å²) in [6, 6.07) is 0. The number of carbonyl (C=O) groups is 1. The molecule has 0 aliphatic carbocycles. The lowest BCUT2D eigenvalue weighted by Crippen LogP contribution is -2.10. The Balaban J connectivity index is 2.57. The van der Waals surface area contributed by atoms with Crippen molar-refractivity contribution in [3.05, 3.63) is 18.7 Å². The number of hydrogen-bond donors (Lipinski definition) is 0. The van der Waals surface area contributed by atoms with Crippen LogP contribution in [0.1, 0.15) is 25.1 Å². The molecule has 0 amide bonds. The van der Waals surface area contributed by atoms with Crippen molar-refractivity contribution >= 4 is 5.91 Å². The van der Waals surface area contributed by atoms with E-state index in [1.165, 1.54) is 10.9 Å². The first-order valence-electron chi connectivity index (χ1n) is 3.71. The molecule has 0 radical (unpaired) electrons. The number of hydrogen-bond acceptors (Lipinski definition) is 2. The standard InChI is InChI=1S/C8H12N2O/c1-7(2)5-8(11)10-4-3-9-6-10/h3-4,6-7H,5H2,1-2H3. The van der Waals surface area contributed by atoms with Gasteiger partial charge >= 0.3 is 0 Å². The normalized spacial score (nSPS) is 10.5. The second kappa shape index (κ2) is 3.32. The largest absolute Gasteiger partial charge is 0.276 e. The molecule has 1 rings (SSSR count). The van der Waals surface area contributed by atoms with Gasteiger partial charge < -0.3 is 0 Å². The van der Waals surface area contributed by atoms with Crippen LogP contribution in [-0.2, 0) is 0 Å². The predicted molar refractivity (Wildman–Crippen MR) is 42.3 cm³/mol. The van der Waals surface area contributed by atoms with Crippen molar-refractivity contribution < 1.29 is 4.79 Å². The van der Waals surface area contributed by atoms with Crippen LogP contribution in [0.5, 0.6) is 0 Å². The minimum absolute atomic E-state index is 0.109. The van der Waals surface area contributed by atoms with Gasteiger partial charge in [-0.1, -0.05) is 13.8 Å². The summed E-state index contributed by atoms with van der Waals surface area (Å²) >= 11 is 0. The molecular formula is C8H12N2O. The van der Waals surface area contributed by atoms with Gasteiger partial charge in [0.05, 0.1) is 0 Å². The highest BCUT2D eigenvalue weighted by atomic mass is 16.2. The van der Waals surface area contributed by atoms with Crippen LogP contribution < -0.4 is 0 Å². The maximum Gasteiger partial charge on any atom is 0.232 e. The van der Waals surface area contributed by atoms with Gasteiger partial charge in [0.25, 0.3) is 0 Å². The first kappa shape index (κ1) is 7.98. The third-order valence-corrected chi connectivity index (χ3v) is 1.38. The fourth-order valence-electron chi connectivity index (χ4n) is 0.861. The Labute approximate surface area is 66.1 Å². The number of rotatable bonds is 2. The van der Waals surface area contributed by atoms with Crippen LogP contribution in [0.4, 0.5) is 0 Å². The highest BCUT2D eigenvalue weighted by molar-refractivity contribution is 5.78. The van der Waals surface area contributed by atoms with Gasteiger partial charge in [-0.3, -0.25) is 9.36 Å². The molecule has 3 nitrogen and oxygen atoms in total. The van der Waals surface area contributed by atoms with Crippen molar-refractivity contribution in [3.8, 4) is 0 Å². The summed E-state index contributed by atoms with van der Waals surface area (Å²) in [4.78, 5) is 15.0. The quantitative estimate of drug-likeness (QED) is 0.644. The maximum atomic E-state index is 11.2. The molecule has 0 spiro atoms. The summed E-state index contributed by atoms with van der Waals surface area (Å²) in [5, 5.41) is 0. The molecule has 0 N–H and O–H groups in total. The Bertz CT molecular complexity index is 226. The lowest BCUT2D eigenvalue weighted by atomic mass is 10.1. The molecular weight excluding hydrogens is 140 g/mol. The van der Waals surface area contributed by atoms with Gasteiger partial charge in [0.15, 0.2) is 0 Å². The van der Waals surface area contributed by atoms with E-state index in [1.54, 1.807) is 12.4 Å². The maximum absolute atomic E-state index is 11.2. The Morgan fingerprint density at radius 1 is 1.64 bits per heavy atom.